The Balaban J connectivity index is 0.000000495. The van der Waals surface area contributed by atoms with Crippen molar-refractivity contribution in [2.45, 2.75) is 313 Å². The molecule has 1 aromatic carbocycles. The quantitative estimate of drug-likeness (QED) is 0.175. The van der Waals surface area contributed by atoms with E-state index in [0.29, 0.717) is 0 Å². The maximum Gasteiger partial charge on any atom is 0.0956 e. The molecule has 5 heteroatoms. The second-order valence-corrected chi connectivity index (χ2v) is 31.2. The lowest BCUT2D eigenvalue weighted by Gasteiger charge is -2.30. The Kier molecular flexibility index (Phi) is 21.6. The van der Waals surface area contributed by atoms with Gasteiger partial charge < -0.3 is 0 Å². The monoisotopic (exact) mass is 1070 g/mol. The first kappa shape index (κ1) is 60.6. The summed E-state index contributed by atoms with van der Waals surface area (Å²) in [5, 5.41) is 0.917. The first-order valence-corrected chi connectivity index (χ1v) is 29.8. The number of hydrogen-bond acceptors (Lipinski definition) is 5. The highest BCUT2D eigenvalue weighted by Gasteiger charge is 2.28. The van der Waals surface area contributed by atoms with Gasteiger partial charge in [-0.05, 0) is 195 Å². The normalized spacial score (nSPS) is 14.1. The van der Waals surface area contributed by atoms with Gasteiger partial charge in [0.1, 0.15) is 0 Å². The Morgan fingerprint density at radius 3 is 1.05 bits per heavy atom. The number of thiophene rings is 2. The minimum Gasteiger partial charge on any atom is -0.256 e. The van der Waals surface area contributed by atoms with Gasteiger partial charge in [0, 0.05) is 59.4 Å². The molecule has 0 radical (unpaired) electrons. The maximum atomic E-state index is 8.42. The van der Waals surface area contributed by atoms with Crippen LogP contribution in [0.5, 0.6) is 0 Å². The summed E-state index contributed by atoms with van der Waals surface area (Å²) < 4.78 is 40.9. The first-order valence-electron chi connectivity index (χ1n) is 29.9. The van der Waals surface area contributed by atoms with Gasteiger partial charge in [0.05, 0.1) is 10.7 Å². The van der Waals surface area contributed by atoms with Crippen LogP contribution in [0.15, 0.2) is 0 Å². The SMILES string of the molecule is [2H]C(C)(C)c1c(C)c(C)c(C)c(C(C)(C)C)c1C.[2H]C(C)(C)c1c(C)sc(C(C)(C)C)c1C.[2H]C(C)(C)c1nc(C(C)(C)C)c(C)c(C)c1C.[2H]C(C)(C)c1nc(C(C)(C)C)c(C)s1.[2H]C(C)(C)c1sc(C)c(C(C)(C)C)c1C. The molecule has 4 heterocycles. The second kappa shape index (κ2) is 26.4. The summed E-state index contributed by atoms with van der Waals surface area (Å²) in [6, 6.07) is 0. The fourth-order valence-electron chi connectivity index (χ4n) is 11.0. The van der Waals surface area contributed by atoms with Crippen molar-refractivity contribution in [1.82, 2.24) is 9.97 Å². The fourth-order valence-corrected chi connectivity index (χ4v) is 14.7. The molecule has 0 N–H and O–H groups in total. The molecule has 0 aliphatic rings. The van der Waals surface area contributed by atoms with E-state index in [-0.39, 0.29) is 27.1 Å². The van der Waals surface area contributed by atoms with Crippen molar-refractivity contribution in [1.29, 1.82) is 0 Å². The third kappa shape index (κ3) is 17.7. The fraction of sp³-hybridized carbons (Fsp3) is 0.681. The molecule has 420 valence electrons. The summed E-state index contributed by atoms with van der Waals surface area (Å²) in [6.07, 6.45) is 0. The molecule has 74 heavy (non-hydrogen) atoms. The van der Waals surface area contributed by atoms with Crippen LogP contribution in [-0.2, 0) is 27.1 Å². The predicted molar refractivity (Wildman–Crippen MR) is 342 cm³/mol. The zero-order valence-corrected chi connectivity index (χ0v) is 57.6. The third-order valence-corrected chi connectivity index (χ3v) is 18.3. The molecule has 4 aromatic heterocycles. The molecule has 0 bridgehead atoms. The number of rotatable bonds is 5. The third-order valence-electron chi connectivity index (χ3n) is 14.1. The molecule has 0 atom stereocenters. The lowest BCUT2D eigenvalue weighted by Crippen LogP contribution is -2.19. The van der Waals surface area contributed by atoms with E-state index in [4.69, 9.17) is 11.8 Å². The van der Waals surface area contributed by atoms with Gasteiger partial charge in [-0.2, -0.15) is 0 Å². The molecule has 0 aliphatic carbocycles. The van der Waals surface area contributed by atoms with Crippen molar-refractivity contribution < 1.29 is 6.85 Å². The summed E-state index contributed by atoms with van der Waals surface area (Å²) in [4.78, 5) is 15.9. The number of benzene rings is 1. The van der Waals surface area contributed by atoms with Crippen LogP contribution in [0.25, 0.3) is 0 Å². The standard InChI is InChI=1S/C17H28.C15H25N.2C13H22S.C11H19NS/c1-10(2)15-12(4)11(3)13(5)16(14(15)6)17(7,8)9;1-9(2)13-11(4)10(3)12(5)14(16-13)15(6,7)8;1-8(2)12-9(3)11(10(4)14-12)13(5,6)7;1-8(2)11-9(3)12(13(5,6)7)14-10(11)4;1-7(2)10-12-9(8(3)13-10)11(4,5)6/h10H,1-9H3;9H,1-8H3;2*8H,1-7H3;7H,1-6H3/i10D;9D;2*8D;7D. The van der Waals surface area contributed by atoms with Gasteiger partial charge in [-0.3, -0.25) is 4.98 Å². The second-order valence-electron chi connectivity index (χ2n) is 27.6. The smallest absolute Gasteiger partial charge is 0.0956 e. The number of thiazole rings is 1. The first-order chi connectivity index (χ1) is 34.6. The van der Waals surface area contributed by atoms with Crippen molar-refractivity contribution in [3.8, 4) is 0 Å². The molecule has 0 saturated heterocycles. The van der Waals surface area contributed by atoms with Crippen LogP contribution >= 0.6 is 34.0 Å². The van der Waals surface area contributed by atoms with E-state index in [1.807, 2.05) is 80.6 Å². The summed E-state index contributed by atoms with van der Waals surface area (Å²) in [7, 11) is 0. The number of pyridine rings is 1. The van der Waals surface area contributed by atoms with Crippen LogP contribution in [0.2, 0.25) is 0 Å². The van der Waals surface area contributed by atoms with Crippen molar-refractivity contribution in [2.24, 2.45) is 0 Å². The minimum absolute atomic E-state index is 0.0303. The van der Waals surface area contributed by atoms with E-state index in [0.717, 1.165) is 27.7 Å². The Morgan fingerprint density at radius 1 is 0.324 bits per heavy atom. The van der Waals surface area contributed by atoms with Gasteiger partial charge in [0.2, 0.25) is 0 Å². The lowest BCUT2D eigenvalue weighted by molar-refractivity contribution is 0.556. The molecular formula is C69H116N2S3. The Hall–Kier alpha value is -2.60. The van der Waals surface area contributed by atoms with E-state index in [9.17, 15) is 0 Å². The Labute approximate surface area is 479 Å². The molecule has 2 nitrogen and oxygen atoms in total. The van der Waals surface area contributed by atoms with Gasteiger partial charge in [-0.25, -0.2) is 4.98 Å². The molecule has 0 fully saturated rings. The van der Waals surface area contributed by atoms with Crippen LogP contribution in [-0.4, -0.2) is 9.97 Å². The number of aromatic nitrogens is 2. The Bertz CT molecular complexity index is 2710. The highest BCUT2D eigenvalue weighted by molar-refractivity contribution is 7.12. The average Bonchev–Trinajstić information content (AvgIpc) is 3.85. The predicted octanol–water partition coefficient (Wildman–Crippen LogP) is 23.2. The highest BCUT2D eigenvalue weighted by atomic mass is 32.1. The largest absolute Gasteiger partial charge is 0.256 e. The molecule has 5 aromatic rings. The van der Waals surface area contributed by atoms with Gasteiger partial charge in [-0.1, -0.05) is 173 Å². The molecule has 0 unspecified atom stereocenters. The van der Waals surface area contributed by atoms with E-state index in [1.54, 1.807) is 22.7 Å². The maximum absolute atomic E-state index is 8.42. The number of aryl methyl sites for hydroxylation is 3. The minimum atomic E-state index is -0.636. The summed E-state index contributed by atoms with van der Waals surface area (Å²) in [5.74, 6) is -2.69. The number of hydrogen-bond donors (Lipinski definition) is 0. The van der Waals surface area contributed by atoms with Gasteiger partial charge in [0.25, 0.3) is 0 Å². The van der Waals surface area contributed by atoms with E-state index in [2.05, 4.69) is 192 Å². The highest BCUT2D eigenvalue weighted by Crippen LogP contribution is 2.42. The van der Waals surface area contributed by atoms with Gasteiger partial charge in [0.15, 0.2) is 0 Å². The van der Waals surface area contributed by atoms with Crippen molar-refractivity contribution in [3.05, 3.63) is 119 Å². The van der Waals surface area contributed by atoms with Crippen LogP contribution in [0.1, 0.15) is 328 Å². The van der Waals surface area contributed by atoms with E-state index < -0.39 is 29.5 Å². The summed E-state index contributed by atoms with van der Waals surface area (Å²) in [6.45, 7) is 78.6. The molecule has 0 aliphatic heterocycles. The van der Waals surface area contributed by atoms with E-state index >= 15 is 0 Å². The van der Waals surface area contributed by atoms with Crippen LogP contribution < -0.4 is 0 Å². The van der Waals surface area contributed by atoms with Crippen molar-refractivity contribution in [3.63, 3.8) is 0 Å². The van der Waals surface area contributed by atoms with Gasteiger partial charge >= 0.3 is 0 Å². The van der Waals surface area contributed by atoms with Gasteiger partial charge in [-0.15, -0.1) is 34.0 Å². The topological polar surface area (TPSA) is 25.8 Å². The van der Waals surface area contributed by atoms with Crippen LogP contribution in [0, 0.1) is 83.1 Å². The zero-order valence-electron chi connectivity index (χ0n) is 60.1. The zero-order chi connectivity index (χ0) is 63.2. The molecule has 0 saturated carbocycles. The molecule has 0 spiro atoms. The van der Waals surface area contributed by atoms with Crippen molar-refractivity contribution >= 4 is 34.0 Å². The average molecular weight is 1070 g/mol. The van der Waals surface area contributed by atoms with Crippen LogP contribution in [0.4, 0.5) is 0 Å². The number of nitrogens with zero attached hydrogens (tertiary/aromatic N) is 2. The molecule has 5 rings (SSSR count). The van der Waals surface area contributed by atoms with E-state index in [1.165, 1.54) is 91.1 Å². The van der Waals surface area contributed by atoms with Crippen LogP contribution in [0.3, 0.4) is 0 Å². The Morgan fingerprint density at radius 2 is 0.770 bits per heavy atom. The molecular weight excluding hydrogens is 953 g/mol. The molecule has 0 amide bonds. The summed E-state index contributed by atoms with van der Waals surface area (Å²) >= 11 is 5.29. The van der Waals surface area contributed by atoms with Crippen molar-refractivity contribution in [2.75, 3.05) is 0 Å². The summed E-state index contributed by atoms with van der Waals surface area (Å²) in [5.41, 5.74) is 20.8. The lowest BCUT2D eigenvalue weighted by atomic mass is 9.75.